The molecule has 4 nitrogen and oxygen atoms in total. The Bertz CT molecular complexity index is 319. The molecule has 1 aliphatic heterocycles. The van der Waals surface area contributed by atoms with Gasteiger partial charge >= 0.3 is 0 Å². The highest BCUT2D eigenvalue weighted by Crippen LogP contribution is 2.50. The van der Waals surface area contributed by atoms with Gasteiger partial charge in [0.1, 0.15) is 5.84 Å². The van der Waals surface area contributed by atoms with E-state index >= 15 is 0 Å². The van der Waals surface area contributed by atoms with Crippen LogP contribution in [-0.2, 0) is 0 Å². The molecule has 0 amide bonds. The zero-order valence-corrected chi connectivity index (χ0v) is 11.8. The summed E-state index contributed by atoms with van der Waals surface area (Å²) in [6.07, 6.45) is 7.11. The molecule has 1 heterocycles. The van der Waals surface area contributed by atoms with E-state index in [0.29, 0.717) is 16.7 Å². The van der Waals surface area contributed by atoms with Gasteiger partial charge in [0.05, 0.1) is 0 Å². The van der Waals surface area contributed by atoms with Crippen LogP contribution in [0.25, 0.3) is 0 Å². The Morgan fingerprint density at radius 1 is 1.22 bits per heavy atom. The van der Waals surface area contributed by atoms with Crippen molar-refractivity contribution in [1.82, 2.24) is 4.90 Å². The highest BCUT2D eigenvalue weighted by Gasteiger charge is 2.46. The third kappa shape index (κ3) is 2.79. The zero-order chi connectivity index (χ0) is 13.2. The molecule has 0 aromatic rings. The third-order valence-electron chi connectivity index (χ3n) is 5.22. The van der Waals surface area contributed by atoms with E-state index in [2.05, 4.69) is 23.9 Å². The monoisotopic (exact) mass is 253 g/mol. The van der Waals surface area contributed by atoms with E-state index in [0.717, 1.165) is 13.0 Å². The lowest BCUT2D eigenvalue weighted by Gasteiger charge is -2.28. The van der Waals surface area contributed by atoms with E-state index in [1.165, 1.54) is 45.2 Å². The number of oxime groups is 1. The van der Waals surface area contributed by atoms with Gasteiger partial charge < -0.3 is 15.8 Å². The standard InChI is InChI=1S/C14H27N3O/c1-3-13(4-2)7-8-17(10-13)11-14(5-6-14)9-12(15)16-18/h18H,3-11H2,1-2H3,(H2,15,16). The Kier molecular flexibility index (Phi) is 3.85. The maximum atomic E-state index is 8.70. The second-order valence-electron chi connectivity index (χ2n) is 6.44. The maximum absolute atomic E-state index is 8.70. The lowest BCUT2D eigenvalue weighted by Crippen LogP contribution is -2.33. The van der Waals surface area contributed by atoms with Crippen molar-refractivity contribution in [3.8, 4) is 0 Å². The predicted molar refractivity (Wildman–Crippen MR) is 73.8 cm³/mol. The minimum absolute atomic E-state index is 0.313. The molecule has 2 fully saturated rings. The molecule has 0 unspecified atom stereocenters. The Labute approximate surface area is 110 Å². The summed E-state index contributed by atoms with van der Waals surface area (Å²) in [4.78, 5) is 2.60. The zero-order valence-electron chi connectivity index (χ0n) is 11.8. The molecule has 0 atom stereocenters. The van der Waals surface area contributed by atoms with Gasteiger partial charge in [-0.1, -0.05) is 19.0 Å². The SMILES string of the molecule is CCC1(CC)CCN(CC2(CC(N)=NO)CC2)C1. The number of hydrogen-bond donors (Lipinski definition) is 2. The summed E-state index contributed by atoms with van der Waals surface area (Å²) in [5.74, 6) is 0.393. The number of hydrogen-bond acceptors (Lipinski definition) is 3. The number of nitrogens with two attached hydrogens (primary N) is 1. The number of likely N-dealkylation sites (tertiary alicyclic amines) is 1. The third-order valence-corrected chi connectivity index (χ3v) is 5.22. The number of nitrogens with zero attached hydrogens (tertiary/aromatic N) is 2. The molecule has 0 spiro atoms. The summed E-state index contributed by atoms with van der Waals surface area (Å²) in [5, 5.41) is 11.8. The van der Waals surface area contributed by atoms with E-state index < -0.39 is 0 Å². The van der Waals surface area contributed by atoms with Crippen molar-refractivity contribution in [2.24, 2.45) is 21.7 Å². The van der Waals surface area contributed by atoms with Crippen LogP contribution in [0.3, 0.4) is 0 Å². The van der Waals surface area contributed by atoms with Gasteiger partial charge in [0, 0.05) is 19.5 Å². The van der Waals surface area contributed by atoms with Crippen molar-refractivity contribution in [2.75, 3.05) is 19.6 Å². The van der Waals surface area contributed by atoms with E-state index in [4.69, 9.17) is 10.9 Å². The highest BCUT2D eigenvalue weighted by molar-refractivity contribution is 5.80. The van der Waals surface area contributed by atoms with Crippen LogP contribution < -0.4 is 5.73 Å². The molecule has 4 heteroatoms. The van der Waals surface area contributed by atoms with Gasteiger partial charge in [0.25, 0.3) is 0 Å². The molecule has 1 saturated carbocycles. The van der Waals surface area contributed by atoms with Crippen molar-refractivity contribution >= 4 is 5.84 Å². The quantitative estimate of drug-likeness (QED) is 0.331. The molecule has 0 aromatic heterocycles. The first-order valence-electron chi connectivity index (χ1n) is 7.26. The molecular formula is C14H27N3O. The van der Waals surface area contributed by atoms with Gasteiger partial charge in [-0.2, -0.15) is 0 Å². The first-order valence-corrected chi connectivity index (χ1v) is 7.26. The Hall–Kier alpha value is -0.770. The maximum Gasteiger partial charge on any atom is 0.139 e. The molecule has 18 heavy (non-hydrogen) atoms. The highest BCUT2D eigenvalue weighted by atomic mass is 16.4. The van der Waals surface area contributed by atoms with Crippen molar-refractivity contribution in [3.63, 3.8) is 0 Å². The van der Waals surface area contributed by atoms with Crippen LogP contribution in [0.1, 0.15) is 52.4 Å². The second-order valence-corrected chi connectivity index (χ2v) is 6.44. The number of rotatable bonds is 6. The Morgan fingerprint density at radius 3 is 2.33 bits per heavy atom. The van der Waals surface area contributed by atoms with Crippen LogP contribution in [0.15, 0.2) is 5.16 Å². The minimum atomic E-state index is 0.313. The topological polar surface area (TPSA) is 61.8 Å². The largest absolute Gasteiger partial charge is 0.409 e. The van der Waals surface area contributed by atoms with Crippen LogP contribution in [0, 0.1) is 10.8 Å². The van der Waals surface area contributed by atoms with Crippen molar-refractivity contribution < 1.29 is 5.21 Å². The van der Waals surface area contributed by atoms with Crippen LogP contribution in [0.5, 0.6) is 0 Å². The fourth-order valence-corrected chi connectivity index (χ4v) is 3.45. The van der Waals surface area contributed by atoms with Gasteiger partial charge in [-0.15, -0.1) is 0 Å². The molecule has 2 rings (SSSR count). The molecule has 0 aromatic carbocycles. The van der Waals surface area contributed by atoms with Crippen LogP contribution in [0.4, 0.5) is 0 Å². The molecule has 2 aliphatic rings. The average molecular weight is 253 g/mol. The van der Waals surface area contributed by atoms with E-state index in [1.54, 1.807) is 0 Å². The molecule has 104 valence electrons. The van der Waals surface area contributed by atoms with Crippen LogP contribution in [-0.4, -0.2) is 35.6 Å². The van der Waals surface area contributed by atoms with Gasteiger partial charge in [-0.25, -0.2) is 0 Å². The molecule has 0 radical (unpaired) electrons. The molecule has 1 aliphatic carbocycles. The first-order chi connectivity index (χ1) is 8.57. The van der Waals surface area contributed by atoms with E-state index in [-0.39, 0.29) is 0 Å². The summed E-state index contributed by atoms with van der Waals surface area (Å²) in [6.45, 7) is 8.22. The van der Waals surface area contributed by atoms with Crippen LogP contribution >= 0.6 is 0 Å². The number of amidine groups is 1. The average Bonchev–Trinajstić information content (AvgIpc) is 3.00. The first kappa shape index (κ1) is 13.7. The molecule has 3 N–H and O–H groups in total. The predicted octanol–water partition coefficient (Wildman–Crippen LogP) is 2.42. The lowest BCUT2D eigenvalue weighted by molar-refractivity contribution is 0.211. The lowest BCUT2D eigenvalue weighted by atomic mass is 9.82. The van der Waals surface area contributed by atoms with E-state index in [1.807, 2.05) is 0 Å². The summed E-state index contributed by atoms with van der Waals surface area (Å²) in [5.41, 5.74) is 6.52. The summed E-state index contributed by atoms with van der Waals surface area (Å²) >= 11 is 0. The summed E-state index contributed by atoms with van der Waals surface area (Å²) in [7, 11) is 0. The van der Waals surface area contributed by atoms with Crippen molar-refractivity contribution in [2.45, 2.75) is 52.4 Å². The Balaban J connectivity index is 1.88. The smallest absolute Gasteiger partial charge is 0.139 e. The second kappa shape index (κ2) is 5.08. The van der Waals surface area contributed by atoms with Gasteiger partial charge in [-0.3, -0.25) is 0 Å². The van der Waals surface area contributed by atoms with E-state index in [9.17, 15) is 0 Å². The summed E-state index contributed by atoms with van der Waals surface area (Å²) < 4.78 is 0. The van der Waals surface area contributed by atoms with Gasteiger partial charge in [-0.05, 0) is 49.5 Å². The molecule has 1 saturated heterocycles. The van der Waals surface area contributed by atoms with Gasteiger partial charge in [0.15, 0.2) is 0 Å². The molecular weight excluding hydrogens is 226 g/mol. The van der Waals surface area contributed by atoms with Gasteiger partial charge in [0.2, 0.25) is 0 Å². The fraction of sp³-hybridized carbons (Fsp3) is 0.929. The van der Waals surface area contributed by atoms with Crippen molar-refractivity contribution in [1.29, 1.82) is 0 Å². The summed E-state index contributed by atoms with van der Waals surface area (Å²) in [6, 6.07) is 0. The van der Waals surface area contributed by atoms with Crippen LogP contribution in [0.2, 0.25) is 0 Å². The normalized spacial score (nSPS) is 26.4. The Morgan fingerprint density at radius 2 is 1.89 bits per heavy atom. The molecule has 0 bridgehead atoms. The minimum Gasteiger partial charge on any atom is -0.409 e. The van der Waals surface area contributed by atoms with Crippen molar-refractivity contribution in [3.05, 3.63) is 0 Å². The fourth-order valence-electron chi connectivity index (χ4n) is 3.45.